The van der Waals surface area contributed by atoms with Crippen molar-refractivity contribution in [2.24, 2.45) is 5.92 Å². The summed E-state index contributed by atoms with van der Waals surface area (Å²) in [5.41, 5.74) is 3.20. The van der Waals surface area contributed by atoms with Gasteiger partial charge in [0.1, 0.15) is 0 Å². The minimum Gasteiger partial charge on any atom is -0.381 e. The van der Waals surface area contributed by atoms with E-state index in [1.54, 1.807) is 5.57 Å². The van der Waals surface area contributed by atoms with E-state index in [0.29, 0.717) is 6.04 Å². The van der Waals surface area contributed by atoms with Gasteiger partial charge in [0.05, 0.1) is 0 Å². The van der Waals surface area contributed by atoms with Gasteiger partial charge in [-0.25, -0.2) is 0 Å². The third kappa shape index (κ3) is 3.13. The second-order valence-electron chi connectivity index (χ2n) is 7.25. The number of fused-ring (bicyclic) bond motifs is 2. The summed E-state index contributed by atoms with van der Waals surface area (Å²) < 4.78 is 5.50. The lowest BCUT2D eigenvalue weighted by Crippen LogP contribution is -2.38. The molecule has 1 aromatic carbocycles. The van der Waals surface area contributed by atoms with E-state index in [0.717, 1.165) is 31.7 Å². The van der Waals surface area contributed by atoms with Gasteiger partial charge in [-0.1, -0.05) is 42.0 Å². The zero-order valence-electron chi connectivity index (χ0n) is 13.4. The van der Waals surface area contributed by atoms with E-state index in [2.05, 4.69) is 41.3 Å². The average Bonchev–Trinajstić information content (AvgIpc) is 2.80. The molecule has 0 radical (unpaired) electrons. The van der Waals surface area contributed by atoms with Crippen LogP contribution in [-0.4, -0.2) is 30.2 Å². The third-order valence-corrected chi connectivity index (χ3v) is 5.72. The predicted molar refractivity (Wildman–Crippen MR) is 89.7 cm³/mol. The SMILES string of the molecule is C1=C(CC2CCOCC2)CC2CCC1N2Cc1ccccc1. The van der Waals surface area contributed by atoms with E-state index >= 15 is 0 Å². The van der Waals surface area contributed by atoms with E-state index < -0.39 is 0 Å². The predicted octanol–water partition coefficient (Wildman–Crippen LogP) is 4.17. The molecule has 0 aliphatic carbocycles. The number of hydrogen-bond acceptors (Lipinski definition) is 2. The molecule has 2 atom stereocenters. The van der Waals surface area contributed by atoms with Gasteiger partial charge in [0, 0.05) is 31.8 Å². The second kappa shape index (κ2) is 6.55. The van der Waals surface area contributed by atoms with Gasteiger partial charge in [0.2, 0.25) is 0 Å². The van der Waals surface area contributed by atoms with Crippen LogP contribution >= 0.6 is 0 Å². The summed E-state index contributed by atoms with van der Waals surface area (Å²) in [7, 11) is 0. The standard InChI is InChI=1S/C20H27NO/c1-2-4-17(5-3-1)15-21-19-6-7-20(21)14-18(13-19)12-16-8-10-22-11-9-16/h1-5,13,16,19-20H,6-12,14-15H2. The largest absolute Gasteiger partial charge is 0.381 e. The van der Waals surface area contributed by atoms with E-state index in [1.165, 1.54) is 44.1 Å². The normalized spacial score (nSPS) is 29.5. The Morgan fingerprint density at radius 3 is 2.59 bits per heavy atom. The van der Waals surface area contributed by atoms with Crippen molar-refractivity contribution < 1.29 is 4.74 Å². The van der Waals surface area contributed by atoms with E-state index in [-0.39, 0.29) is 0 Å². The molecule has 4 rings (SSSR count). The van der Waals surface area contributed by atoms with E-state index in [1.807, 2.05) is 0 Å². The van der Waals surface area contributed by atoms with Crippen LogP contribution < -0.4 is 0 Å². The van der Waals surface area contributed by atoms with Crippen LogP contribution in [0.15, 0.2) is 42.0 Å². The highest BCUT2D eigenvalue weighted by molar-refractivity contribution is 5.21. The molecule has 2 fully saturated rings. The molecule has 1 aromatic rings. The molecule has 22 heavy (non-hydrogen) atoms. The van der Waals surface area contributed by atoms with Crippen LogP contribution in [0.5, 0.6) is 0 Å². The Balaban J connectivity index is 1.41. The molecular formula is C20H27NO. The number of nitrogens with zero attached hydrogens (tertiary/aromatic N) is 1. The van der Waals surface area contributed by atoms with Gasteiger partial charge in [-0.2, -0.15) is 0 Å². The zero-order valence-corrected chi connectivity index (χ0v) is 13.4. The van der Waals surface area contributed by atoms with Crippen LogP contribution in [0, 0.1) is 5.92 Å². The molecule has 0 saturated carbocycles. The lowest BCUT2D eigenvalue weighted by Gasteiger charge is -2.35. The minimum atomic E-state index is 0.689. The van der Waals surface area contributed by atoms with Crippen LogP contribution in [0.25, 0.3) is 0 Å². The first-order chi connectivity index (χ1) is 10.9. The highest BCUT2D eigenvalue weighted by atomic mass is 16.5. The molecule has 3 heterocycles. The molecule has 3 aliphatic heterocycles. The number of hydrogen-bond donors (Lipinski definition) is 0. The van der Waals surface area contributed by atoms with Gasteiger partial charge in [-0.3, -0.25) is 4.90 Å². The Morgan fingerprint density at radius 1 is 1.00 bits per heavy atom. The summed E-state index contributed by atoms with van der Waals surface area (Å²) in [6.07, 6.45) is 10.5. The van der Waals surface area contributed by atoms with Crippen LogP contribution in [0.4, 0.5) is 0 Å². The van der Waals surface area contributed by atoms with E-state index in [4.69, 9.17) is 4.74 Å². The molecule has 2 bridgehead atoms. The molecule has 3 aliphatic rings. The van der Waals surface area contributed by atoms with Crippen molar-refractivity contribution in [1.82, 2.24) is 4.90 Å². The van der Waals surface area contributed by atoms with Gasteiger partial charge >= 0.3 is 0 Å². The summed E-state index contributed by atoms with van der Waals surface area (Å²) in [6.45, 7) is 3.08. The van der Waals surface area contributed by atoms with Gasteiger partial charge in [-0.05, 0) is 50.0 Å². The quantitative estimate of drug-likeness (QED) is 0.774. The fourth-order valence-electron chi connectivity index (χ4n) is 4.52. The topological polar surface area (TPSA) is 12.5 Å². The zero-order chi connectivity index (χ0) is 14.8. The maximum Gasteiger partial charge on any atom is 0.0468 e. The second-order valence-corrected chi connectivity index (χ2v) is 7.25. The number of rotatable bonds is 4. The average molecular weight is 297 g/mol. The van der Waals surface area contributed by atoms with Gasteiger partial charge < -0.3 is 4.74 Å². The summed E-state index contributed by atoms with van der Waals surface area (Å²) in [5, 5.41) is 0. The molecule has 118 valence electrons. The van der Waals surface area contributed by atoms with Crippen molar-refractivity contribution in [1.29, 1.82) is 0 Å². The molecule has 0 amide bonds. The summed E-state index contributed by atoms with van der Waals surface area (Å²) >= 11 is 0. The van der Waals surface area contributed by atoms with Crippen LogP contribution in [0.2, 0.25) is 0 Å². The van der Waals surface area contributed by atoms with Crippen LogP contribution in [-0.2, 0) is 11.3 Å². The Kier molecular flexibility index (Phi) is 4.31. The third-order valence-electron chi connectivity index (χ3n) is 5.72. The maximum atomic E-state index is 5.50. The molecule has 2 heteroatoms. The summed E-state index contributed by atoms with van der Waals surface area (Å²) in [5.74, 6) is 0.875. The Hall–Kier alpha value is -1.12. The fraction of sp³-hybridized carbons (Fsp3) is 0.600. The van der Waals surface area contributed by atoms with Gasteiger partial charge in [0.15, 0.2) is 0 Å². The van der Waals surface area contributed by atoms with Crippen molar-refractivity contribution in [3.05, 3.63) is 47.5 Å². The molecule has 0 spiro atoms. The first-order valence-electron chi connectivity index (χ1n) is 8.95. The lowest BCUT2D eigenvalue weighted by atomic mass is 9.88. The smallest absolute Gasteiger partial charge is 0.0468 e. The highest BCUT2D eigenvalue weighted by Crippen LogP contribution is 2.38. The number of benzene rings is 1. The van der Waals surface area contributed by atoms with Crippen molar-refractivity contribution in [3.63, 3.8) is 0 Å². The van der Waals surface area contributed by atoms with Crippen molar-refractivity contribution in [2.75, 3.05) is 13.2 Å². The number of ether oxygens (including phenoxy) is 1. The minimum absolute atomic E-state index is 0.689. The van der Waals surface area contributed by atoms with E-state index in [9.17, 15) is 0 Å². The lowest BCUT2D eigenvalue weighted by molar-refractivity contribution is 0.0655. The van der Waals surface area contributed by atoms with Crippen molar-refractivity contribution in [3.8, 4) is 0 Å². The molecule has 0 aromatic heterocycles. The monoisotopic (exact) mass is 297 g/mol. The summed E-state index contributed by atoms with van der Waals surface area (Å²) in [6, 6.07) is 12.4. The molecule has 2 unspecified atom stereocenters. The van der Waals surface area contributed by atoms with Crippen LogP contribution in [0.3, 0.4) is 0 Å². The molecule has 0 N–H and O–H groups in total. The van der Waals surface area contributed by atoms with Crippen LogP contribution in [0.1, 0.15) is 44.1 Å². The Bertz CT molecular complexity index is 518. The first kappa shape index (κ1) is 14.5. The molecule has 2 saturated heterocycles. The fourth-order valence-corrected chi connectivity index (χ4v) is 4.52. The molecule has 2 nitrogen and oxygen atoms in total. The van der Waals surface area contributed by atoms with Gasteiger partial charge in [0.25, 0.3) is 0 Å². The summed E-state index contributed by atoms with van der Waals surface area (Å²) in [4.78, 5) is 2.74. The first-order valence-corrected chi connectivity index (χ1v) is 8.95. The van der Waals surface area contributed by atoms with Crippen molar-refractivity contribution in [2.45, 2.75) is 57.2 Å². The highest BCUT2D eigenvalue weighted by Gasteiger charge is 2.36. The Morgan fingerprint density at radius 2 is 1.82 bits per heavy atom. The van der Waals surface area contributed by atoms with Gasteiger partial charge in [-0.15, -0.1) is 0 Å². The van der Waals surface area contributed by atoms with Crippen molar-refractivity contribution >= 4 is 0 Å². The Labute approximate surface area is 134 Å². The molecular weight excluding hydrogens is 270 g/mol. The maximum absolute atomic E-state index is 5.50.